The molecule has 0 aromatic heterocycles. The molecule has 0 fully saturated rings. The molecule has 0 saturated carbocycles. The summed E-state index contributed by atoms with van der Waals surface area (Å²) in [5, 5.41) is 30.0. The lowest BCUT2D eigenvalue weighted by Crippen LogP contribution is -2.57. The van der Waals surface area contributed by atoms with E-state index in [0.29, 0.717) is 5.56 Å². The van der Waals surface area contributed by atoms with Crippen LogP contribution in [0.2, 0.25) is 0 Å². The van der Waals surface area contributed by atoms with Crippen LogP contribution in [0.5, 0.6) is 0 Å². The number of nitrogens with one attached hydrogen (secondary N) is 2. The molecule has 7 heteroatoms. The number of aliphatic hydroxyl groups excluding tert-OH is 1. The first-order valence-electron chi connectivity index (χ1n) is 7.42. The van der Waals surface area contributed by atoms with Gasteiger partial charge in [-0.2, -0.15) is 0 Å². The molecule has 1 rings (SSSR count). The molecule has 25 heavy (non-hydrogen) atoms. The number of hydroxylamine groups is 1. The van der Waals surface area contributed by atoms with Crippen molar-refractivity contribution in [1.29, 1.82) is 0 Å². The zero-order valence-corrected chi connectivity index (χ0v) is 14.1. The Morgan fingerprint density at radius 1 is 1.16 bits per heavy atom. The third-order valence-electron chi connectivity index (χ3n) is 3.05. The number of hydrogen-bond acceptors (Lipinski definition) is 5. The second-order valence-corrected chi connectivity index (χ2v) is 5.81. The monoisotopic (exact) mass is 344 g/mol. The summed E-state index contributed by atoms with van der Waals surface area (Å²) >= 11 is 0. The Kier molecular flexibility index (Phi) is 7.16. The van der Waals surface area contributed by atoms with E-state index in [2.05, 4.69) is 29.0 Å². The molecule has 0 aliphatic carbocycles. The molecule has 132 valence electrons. The predicted octanol–water partition coefficient (Wildman–Crippen LogP) is -0.203. The average Bonchev–Trinajstić information content (AvgIpc) is 2.55. The fourth-order valence-electron chi connectivity index (χ4n) is 1.79. The molecule has 7 nitrogen and oxygen atoms in total. The van der Waals surface area contributed by atoms with Gasteiger partial charge >= 0.3 is 0 Å². The van der Waals surface area contributed by atoms with Crippen LogP contribution in [0.15, 0.2) is 24.3 Å². The Hall–Kier alpha value is -2.84. The third kappa shape index (κ3) is 6.66. The smallest absolute Gasteiger partial charge is 0.268 e. The van der Waals surface area contributed by atoms with Crippen LogP contribution >= 0.6 is 0 Å². The topological polar surface area (TPSA) is 119 Å². The Bertz CT molecular complexity index is 740. The van der Waals surface area contributed by atoms with Crippen LogP contribution in [0.25, 0.3) is 0 Å². The third-order valence-corrected chi connectivity index (χ3v) is 3.05. The van der Waals surface area contributed by atoms with E-state index in [-0.39, 0.29) is 5.56 Å². The molecule has 0 aliphatic rings. The first-order valence-corrected chi connectivity index (χ1v) is 7.42. The molecular weight excluding hydrogens is 324 g/mol. The molecule has 2 atom stereocenters. The van der Waals surface area contributed by atoms with Crippen molar-refractivity contribution in [1.82, 2.24) is 10.8 Å². The Labute approximate surface area is 146 Å². The summed E-state index contributed by atoms with van der Waals surface area (Å²) in [5.74, 6) is 8.78. The van der Waals surface area contributed by atoms with Crippen molar-refractivity contribution in [3.63, 3.8) is 0 Å². The molecule has 0 aliphatic heterocycles. The molecule has 0 bridgehead atoms. The predicted molar refractivity (Wildman–Crippen MR) is 90.3 cm³/mol. The second kappa shape index (κ2) is 8.86. The lowest BCUT2D eigenvalue weighted by Gasteiger charge is -2.28. The van der Waals surface area contributed by atoms with E-state index >= 15 is 0 Å². The van der Waals surface area contributed by atoms with E-state index in [9.17, 15) is 14.7 Å². The van der Waals surface area contributed by atoms with Gasteiger partial charge in [-0.3, -0.25) is 14.8 Å². The number of carbonyl (C=O) groups excluding carboxylic acids is 2. The first-order chi connectivity index (χ1) is 11.6. The van der Waals surface area contributed by atoms with Gasteiger partial charge in [-0.05, 0) is 56.9 Å². The molecule has 5 N–H and O–H groups in total. The zero-order valence-electron chi connectivity index (χ0n) is 14.1. The highest BCUT2D eigenvalue weighted by Crippen LogP contribution is 2.11. The highest BCUT2D eigenvalue weighted by Gasteiger charge is 2.34. The van der Waals surface area contributed by atoms with Gasteiger partial charge in [0, 0.05) is 11.1 Å². The normalized spacial score (nSPS) is 12.6. The van der Waals surface area contributed by atoms with Gasteiger partial charge in [0.2, 0.25) is 0 Å². The van der Waals surface area contributed by atoms with Gasteiger partial charge in [-0.15, -0.1) is 0 Å². The largest absolute Gasteiger partial charge is 0.388 e. The minimum absolute atomic E-state index is 0.251. The number of hydrogen-bond donors (Lipinski definition) is 5. The van der Waals surface area contributed by atoms with Gasteiger partial charge in [-0.1, -0.05) is 11.8 Å². The fraction of sp³-hybridized carbons (Fsp3) is 0.333. The van der Waals surface area contributed by atoms with Crippen molar-refractivity contribution >= 4 is 11.8 Å². The quantitative estimate of drug-likeness (QED) is 0.294. The zero-order chi connectivity index (χ0) is 19.0. The number of amides is 2. The highest BCUT2D eigenvalue weighted by molar-refractivity contribution is 5.97. The number of benzene rings is 1. The van der Waals surface area contributed by atoms with Crippen molar-refractivity contribution in [2.24, 2.45) is 0 Å². The van der Waals surface area contributed by atoms with Crippen LogP contribution in [-0.2, 0) is 4.79 Å². The van der Waals surface area contributed by atoms with Crippen molar-refractivity contribution in [3.8, 4) is 23.7 Å². The van der Waals surface area contributed by atoms with E-state index < -0.39 is 29.6 Å². The molecule has 2 amide bonds. The van der Waals surface area contributed by atoms with Crippen LogP contribution in [0.3, 0.4) is 0 Å². The van der Waals surface area contributed by atoms with Crippen LogP contribution < -0.4 is 10.8 Å². The number of aliphatic hydroxyl groups is 2. The fourth-order valence-corrected chi connectivity index (χ4v) is 1.79. The standard InChI is InChI=1S/C18H20N2O5/c1-12(21)6-4-5-7-13-8-10-14(11-9-13)16(22)19-15(17(23)20-25)18(2,3)24/h8-12,15,21,24-25H,1-3H3,(H,19,22)(H,20,23). The van der Waals surface area contributed by atoms with Crippen LogP contribution in [0, 0.1) is 23.7 Å². The maximum atomic E-state index is 12.2. The molecule has 1 aromatic rings. The maximum absolute atomic E-state index is 12.2. The summed E-state index contributed by atoms with van der Waals surface area (Å²) < 4.78 is 0. The van der Waals surface area contributed by atoms with Crippen molar-refractivity contribution < 1.29 is 25.0 Å². The molecule has 1 aromatic carbocycles. The average molecular weight is 344 g/mol. The number of rotatable bonds is 4. The van der Waals surface area contributed by atoms with E-state index in [4.69, 9.17) is 10.3 Å². The summed E-state index contributed by atoms with van der Waals surface area (Å²) in [6.07, 6.45) is -0.750. The molecule has 0 spiro atoms. The maximum Gasteiger partial charge on any atom is 0.268 e. The van der Waals surface area contributed by atoms with E-state index in [1.54, 1.807) is 12.1 Å². The minimum Gasteiger partial charge on any atom is -0.388 e. The molecule has 0 radical (unpaired) electrons. The molecular formula is C18H20N2O5. The summed E-state index contributed by atoms with van der Waals surface area (Å²) in [6, 6.07) is 4.86. The van der Waals surface area contributed by atoms with Gasteiger partial charge in [0.15, 0.2) is 0 Å². The lowest BCUT2D eigenvalue weighted by molar-refractivity contribution is -0.136. The second-order valence-electron chi connectivity index (χ2n) is 5.81. The molecule has 0 saturated heterocycles. The molecule has 0 heterocycles. The van der Waals surface area contributed by atoms with Gasteiger partial charge in [0.05, 0.1) is 5.60 Å². The number of carbonyl (C=O) groups is 2. The Morgan fingerprint density at radius 3 is 2.24 bits per heavy atom. The SMILES string of the molecule is CC(O)C#CC#Cc1ccc(C(=O)NC(C(=O)NO)C(C)(C)O)cc1. The summed E-state index contributed by atoms with van der Waals surface area (Å²) in [7, 11) is 0. The van der Waals surface area contributed by atoms with E-state index in [1.165, 1.54) is 38.4 Å². The van der Waals surface area contributed by atoms with E-state index in [1.807, 2.05) is 0 Å². The van der Waals surface area contributed by atoms with Crippen LogP contribution in [-0.4, -0.2) is 45.0 Å². The first kappa shape index (κ1) is 20.2. The summed E-state index contributed by atoms with van der Waals surface area (Å²) in [4.78, 5) is 23.8. The van der Waals surface area contributed by atoms with Crippen molar-refractivity contribution in [2.45, 2.75) is 38.5 Å². The molecule has 2 unspecified atom stereocenters. The van der Waals surface area contributed by atoms with Gasteiger partial charge in [0.1, 0.15) is 12.1 Å². The summed E-state index contributed by atoms with van der Waals surface area (Å²) in [6.45, 7) is 4.19. The van der Waals surface area contributed by atoms with Gasteiger partial charge < -0.3 is 15.5 Å². The van der Waals surface area contributed by atoms with Gasteiger partial charge in [0.25, 0.3) is 11.8 Å². The summed E-state index contributed by atoms with van der Waals surface area (Å²) in [5.41, 5.74) is 0.703. The lowest BCUT2D eigenvalue weighted by atomic mass is 9.97. The van der Waals surface area contributed by atoms with E-state index in [0.717, 1.165) is 0 Å². The highest BCUT2D eigenvalue weighted by atomic mass is 16.5. The Morgan fingerprint density at radius 2 is 1.76 bits per heavy atom. The van der Waals surface area contributed by atoms with Crippen LogP contribution in [0.1, 0.15) is 36.7 Å². The van der Waals surface area contributed by atoms with Crippen molar-refractivity contribution in [2.75, 3.05) is 0 Å². The van der Waals surface area contributed by atoms with Crippen molar-refractivity contribution in [3.05, 3.63) is 35.4 Å². The van der Waals surface area contributed by atoms with Crippen LogP contribution in [0.4, 0.5) is 0 Å². The minimum atomic E-state index is -1.57. The van der Waals surface area contributed by atoms with Gasteiger partial charge in [-0.25, -0.2) is 5.48 Å². The Balaban J connectivity index is 2.86.